The highest BCUT2D eigenvalue weighted by Gasteiger charge is 2.27. The van der Waals surface area contributed by atoms with Crippen LogP contribution in [0.15, 0.2) is 42.5 Å². The first-order valence-corrected chi connectivity index (χ1v) is 13.8. The highest BCUT2D eigenvalue weighted by Crippen LogP contribution is 2.22. The number of anilines is 1. The number of aryl methyl sites for hydroxylation is 1. The van der Waals surface area contributed by atoms with Crippen LogP contribution >= 0.6 is 0 Å². The molecule has 10 heteroatoms. The summed E-state index contributed by atoms with van der Waals surface area (Å²) in [5, 5.41) is 2.90. The van der Waals surface area contributed by atoms with Crippen LogP contribution in [0.1, 0.15) is 51.2 Å². The topological polar surface area (TPSA) is 86.8 Å². The van der Waals surface area contributed by atoms with Gasteiger partial charge in [0.15, 0.2) is 11.6 Å². The molecule has 2 atom stereocenters. The number of amides is 2. The summed E-state index contributed by atoms with van der Waals surface area (Å²) in [5.74, 6) is -2.84. The van der Waals surface area contributed by atoms with Crippen molar-refractivity contribution < 1.29 is 26.8 Å². The molecule has 2 aromatic rings. The van der Waals surface area contributed by atoms with Gasteiger partial charge < -0.3 is 10.2 Å². The van der Waals surface area contributed by atoms with Crippen molar-refractivity contribution in [2.45, 2.75) is 65.6 Å². The van der Waals surface area contributed by atoms with Crippen LogP contribution in [0.2, 0.25) is 0 Å². The SMILES string of the molecule is CCC(C)NC(=O)C(C)N(Cc1ccc(C)cc1)C(=O)CCCN(c1ccc(F)c(F)c1)S(C)(=O)=O. The second-order valence-electron chi connectivity index (χ2n) is 9.04. The minimum Gasteiger partial charge on any atom is -0.352 e. The summed E-state index contributed by atoms with van der Waals surface area (Å²) in [6, 6.07) is 9.68. The number of carbonyl (C=O) groups excluding carboxylic acids is 2. The maximum absolute atomic E-state index is 13.7. The van der Waals surface area contributed by atoms with Gasteiger partial charge in [0.05, 0.1) is 11.9 Å². The molecule has 0 fully saturated rings. The molecular formula is C26H35F2N3O4S. The van der Waals surface area contributed by atoms with Gasteiger partial charge in [-0.05, 0) is 51.3 Å². The molecule has 0 radical (unpaired) electrons. The molecule has 0 aromatic heterocycles. The molecule has 0 heterocycles. The molecule has 2 unspecified atom stereocenters. The molecule has 7 nitrogen and oxygen atoms in total. The molecule has 0 aliphatic heterocycles. The predicted octanol–water partition coefficient (Wildman–Crippen LogP) is 4.15. The van der Waals surface area contributed by atoms with E-state index in [1.807, 2.05) is 45.0 Å². The second kappa shape index (κ2) is 12.8. The van der Waals surface area contributed by atoms with Gasteiger partial charge in [-0.15, -0.1) is 0 Å². The van der Waals surface area contributed by atoms with Gasteiger partial charge in [-0.25, -0.2) is 17.2 Å². The Labute approximate surface area is 212 Å². The van der Waals surface area contributed by atoms with E-state index < -0.39 is 27.7 Å². The second-order valence-corrected chi connectivity index (χ2v) is 10.9. The van der Waals surface area contributed by atoms with Crippen molar-refractivity contribution >= 4 is 27.5 Å². The van der Waals surface area contributed by atoms with Gasteiger partial charge in [0.25, 0.3) is 0 Å². The summed E-state index contributed by atoms with van der Waals surface area (Å²) in [6.45, 7) is 7.55. The number of sulfonamides is 1. The van der Waals surface area contributed by atoms with Crippen LogP contribution < -0.4 is 9.62 Å². The average molecular weight is 524 g/mol. The lowest BCUT2D eigenvalue weighted by Crippen LogP contribution is -2.49. The fraction of sp³-hybridized carbons (Fsp3) is 0.462. The quantitative estimate of drug-likeness (QED) is 0.453. The van der Waals surface area contributed by atoms with Gasteiger partial charge in [-0.1, -0.05) is 36.8 Å². The first kappa shape index (κ1) is 29.2. The van der Waals surface area contributed by atoms with Gasteiger partial charge in [0.2, 0.25) is 21.8 Å². The van der Waals surface area contributed by atoms with E-state index in [1.165, 1.54) is 11.0 Å². The van der Waals surface area contributed by atoms with Crippen molar-refractivity contribution in [2.75, 3.05) is 17.1 Å². The van der Waals surface area contributed by atoms with Crippen molar-refractivity contribution in [1.82, 2.24) is 10.2 Å². The van der Waals surface area contributed by atoms with Gasteiger partial charge in [0, 0.05) is 31.6 Å². The summed E-state index contributed by atoms with van der Waals surface area (Å²) in [7, 11) is -3.81. The van der Waals surface area contributed by atoms with Crippen LogP contribution in [0.5, 0.6) is 0 Å². The minimum atomic E-state index is -3.81. The zero-order valence-electron chi connectivity index (χ0n) is 21.4. The van der Waals surface area contributed by atoms with Crippen molar-refractivity contribution in [3.05, 3.63) is 65.2 Å². The molecule has 2 rings (SSSR count). The van der Waals surface area contributed by atoms with Gasteiger partial charge >= 0.3 is 0 Å². The third-order valence-electron chi connectivity index (χ3n) is 5.99. The Morgan fingerprint density at radius 1 is 1.03 bits per heavy atom. The zero-order valence-corrected chi connectivity index (χ0v) is 22.2. The van der Waals surface area contributed by atoms with Crippen molar-refractivity contribution in [3.8, 4) is 0 Å². The normalized spacial score (nSPS) is 13.1. The first-order valence-electron chi connectivity index (χ1n) is 11.9. The minimum absolute atomic E-state index is 0.0262. The summed E-state index contributed by atoms with van der Waals surface area (Å²) >= 11 is 0. The highest BCUT2D eigenvalue weighted by molar-refractivity contribution is 7.92. The molecule has 0 aliphatic carbocycles. The summed E-state index contributed by atoms with van der Waals surface area (Å²) in [6.07, 6.45) is 1.79. The molecule has 0 bridgehead atoms. The molecule has 0 spiro atoms. The van der Waals surface area contributed by atoms with Crippen LogP contribution in [-0.4, -0.2) is 50.0 Å². The number of carbonyl (C=O) groups is 2. The largest absolute Gasteiger partial charge is 0.352 e. The van der Waals surface area contributed by atoms with E-state index in [1.54, 1.807) is 6.92 Å². The Morgan fingerprint density at radius 2 is 1.67 bits per heavy atom. The van der Waals surface area contributed by atoms with E-state index in [4.69, 9.17) is 0 Å². The van der Waals surface area contributed by atoms with E-state index in [9.17, 15) is 26.8 Å². The summed E-state index contributed by atoms with van der Waals surface area (Å²) in [4.78, 5) is 27.5. The molecule has 2 amide bonds. The van der Waals surface area contributed by atoms with E-state index >= 15 is 0 Å². The van der Waals surface area contributed by atoms with E-state index in [0.717, 1.165) is 40.2 Å². The Hall–Kier alpha value is -3.01. The third-order valence-corrected chi connectivity index (χ3v) is 7.18. The van der Waals surface area contributed by atoms with Gasteiger partial charge in [-0.3, -0.25) is 13.9 Å². The van der Waals surface area contributed by atoms with Crippen LogP contribution in [0.3, 0.4) is 0 Å². The van der Waals surface area contributed by atoms with Gasteiger partial charge in [0.1, 0.15) is 6.04 Å². The van der Waals surface area contributed by atoms with Crippen molar-refractivity contribution in [1.29, 1.82) is 0 Å². The number of nitrogens with zero attached hydrogens (tertiary/aromatic N) is 2. The monoisotopic (exact) mass is 523 g/mol. The molecule has 1 N–H and O–H groups in total. The number of hydrogen-bond donors (Lipinski definition) is 1. The Kier molecular flexibility index (Phi) is 10.4. The summed E-state index contributed by atoms with van der Waals surface area (Å²) < 4.78 is 52.6. The first-order chi connectivity index (χ1) is 16.8. The fourth-order valence-corrected chi connectivity index (χ4v) is 4.54. The average Bonchev–Trinajstić information content (AvgIpc) is 2.81. The zero-order chi connectivity index (χ0) is 27.0. The van der Waals surface area contributed by atoms with E-state index in [-0.39, 0.29) is 49.5 Å². The summed E-state index contributed by atoms with van der Waals surface area (Å²) in [5.41, 5.74) is 1.90. The molecule has 2 aromatic carbocycles. The maximum Gasteiger partial charge on any atom is 0.242 e. The smallest absolute Gasteiger partial charge is 0.242 e. The number of benzene rings is 2. The molecular weight excluding hydrogens is 488 g/mol. The molecule has 36 heavy (non-hydrogen) atoms. The molecule has 198 valence electrons. The standard InChI is InChI=1S/C26H35F2N3O4S/c1-6-19(3)29-26(33)20(4)30(17-21-11-9-18(2)10-12-21)25(32)8-7-15-31(36(5,34)35)22-13-14-23(27)24(28)16-22/h9-14,16,19-20H,6-8,15,17H2,1-5H3,(H,29,33). The van der Waals surface area contributed by atoms with Crippen LogP contribution in [-0.2, 0) is 26.2 Å². The maximum atomic E-state index is 13.7. The Morgan fingerprint density at radius 3 is 2.22 bits per heavy atom. The number of nitrogens with one attached hydrogen (secondary N) is 1. The predicted molar refractivity (Wildman–Crippen MR) is 137 cm³/mol. The van der Waals surface area contributed by atoms with E-state index in [2.05, 4.69) is 5.32 Å². The lowest BCUT2D eigenvalue weighted by molar-refractivity contribution is -0.140. The molecule has 0 saturated carbocycles. The molecule has 0 aliphatic rings. The third kappa shape index (κ3) is 8.29. The lowest BCUT2D eigenvalue weighted by Gasteiger charge is -2.30. The number of rotatable bonds is 12. The van der Waals surface area contributed by atoms with Crippen LogP contribution in [0.25, 0.3) is 0 Å². The molecule has 0 saturated heterocycles. The number of halogens is 2. The highest BCUT2D eigenvalue weighted by atomic mass is 32.2. The van der Waals surface area contributed by atoms with Crippen molar-refractivity contribution in [2.24, 2.45) is 0 Å². The Bertz CT molecular complexity index is 1160. The van der Waals surface area contributed by atoms with Crippen LogP contribution in [0.4, 0.5) is 14.5 Å². The van der Waals surface area contributed by atoms with Crippen molar-refractivity contribution in [3.63, 3.8) is 0 Å². The van der Waals surface area contributed by atoms with Gasteiger partial charge in [-0.2, -0.15) is 0 Å². The van der Waals surface area contributed by atoms with E-state index in [0.29, 0.717) is 0 Å². The lowest BCUT2D eigenvalue weighted by atomic mass is 10.1. The fourth-order valence-electron chi connectivity index (χ4n) is 3.58. The van der Waals surface area contributed by atoms with Crippen LogP contribution in [0, 0.1) is 18.6 Å². The number of hydrogen-bond acceptors (Lipinski definition) is 4. The Balaban J connectivity index is 2.18.